The summed E-state index contributed by atoms with van der Waals surface area (Å²) < 4.78 is 0. The number of nitrogens with one attached hydrogen (secondary N) is 3. The molecular formula is C20H33N5O. The molecule has 1 fully saturated rings. The first-order valence-electron chi connectivity index (χ1n) is 9.60. The van der Waals surface area contributed by atoms with Crippen LogP contribution in [0, 0.1) is 5.92 Å². The zero-order valence-corrected chi connectivity index (χ0v) is 16.3. The maximum atomic E-state index is 11.7. The molecule has 144 valence electrons. The molecule has 3 N–H and O–H groups in total. The van der Waals surface area contributed by atoms with Crippen molar-refractivity contribution in [2.45, 2.75) is 26.2 Å². The highest BCUT2D eigenvalue weighted by atomic mass is 16.1. The minimum absolute atomic E-state index is 0.0516. The number of hydrogen-bond donors (Lipinski definition) is 3. The quantitative estimate of drug-likeness (QED) is 0.486. The minimum Gasteiger partial charge on any atom is -0.356 e. The summed E-state index contributed by atoms with van der Waals surface area (Å²) in [5.41, 5.74) is 1.83. The molecule has 2 rings (SSSR count). The summed E-state index contributed by atoms with van der Waals surface area (Å²) in [6, 6.07) is 7.74. The molecule has 0 aliphatic carbocycles. The molecular weight excluding hydrogens is 326 g/mol. The zero-order valence-electron chi connectivity index (χ0n) is 16.3. The molecule has 0 spiro atoms. The van der Waals surface area contributed by atoms with Crippen LogP contribution in [-0.4, -0.2) is 63.6 Å². The highest BCUT2D eigenvalue weighted by Gasteiger charge is 2.14. The Morgan fingerprint density at radius 2 is 2.04 bits per heavy atom. The van der Waals surface area contributed by atoms with Gasteiger partial charge in [0, 0.05) is 39.3 Å². The molecule has 1 amide bonds. The Kier molecular flexibility index (Phi) is 8.41. The van der Waals surface area contributed by atoms with E-state index in [1.807, 2.05) is 24.3 Å². The van der Waals surface area contributed by atoms with Gasteiger partial charge in [-0.15, -0.1) is 0 Å². The predicted octanol–water partition coefficient (Wildman–Crippen LogP) is 1.49. The zero-order chi connectivity index (χ0) is 18.8. The van der Waals surface area contributed by atoms with E-state index in [4.69, 9.17) is 0 Å². The van der Waals surface area contributed by atoms with Crippen LogP contribution in [0.15, 0.2) is 29.3 Å². The fourth-order valence-electron chi connectivity index (χ4n) is 3.30. The van der Waals surface area contributed by atoms with E-state index >= 15 is 0 Å². The summed E-state index contributed by atoms with van der Waals surface area (Å²) in [6.07, 6.45) is 3.52. The van der Waals surface area contributed by atoms with Crippen LogP contribution < -0.4 is 16.0 Å². The van der Waals surface area contributed by atoms with Gasteiger partial charge in [-0.05, 0) is 56.0 Å². The van der Waals surface area contributed by atoms with Crippen LogP contribution >= 0.6 is 0 Å². The van der Waals surface area contributed by atoms with Gasteiger partial charge in [0.05, 0.1) is 0 Å². The molecule has 0 bridgehead atoms. The van der Waals surface area contributed by atoms with Crippen molar-refractivity contribution < 1.29 is 4.79 Å². The molecule has 1 atom stereocenters. The normalized spacial score (nSPS) is 16.3. The van der Waals surface area contributed by atoms with Crippen molar-refractivity contribution in [1.29, 1.82) is 0 Å². The fourth-order valence-corrected chi connectivity index (χ4v) is 3.30. The van der Waals surface area contributed by atoms with E-state index < -0.39 is 0 Å². The van der Waals surface area contributed by atoms with Crippen molar-refractivity contribution in [3.8, 4) is 0 Å². The van der Waals surface area contributed by atoms with Crippen LogP contribution in [-0.2, 0) is 6.42 Å². The van der Waals surface area contributed by atoms with Gasteiger partial charge in [0.25, 0.3) is 5.91 Å². The Morgan fingerprint density at radius 1 is 1.27 bits per heavy atom. The van der Waals surface area contributed by atoms with Gasteiger partial charge in [-0.25, -0.2) is 0 Å². The number of guanidine groups is 1. The molecule has 0 radical (unpaired) electrons. The second kappa shape index (κ2) is 10.8. The first-order chi connectivity index (χ1) is 12.6. The third-order valence-corrected chi connectivity index (χ3v) is 4.73. The molecule has 6 nitrogen and oxygen atoms in total. The van der Waals surface area contributed by atoms with Crippen LogP contribution in [0.4, 0.5) is 0 Å². The Morgan fingerprint density at radius 3 is 2.73 bits per heavy atom. The third kappa shape index (κ3) is 6.67. The van der Waals surface area contributed by atoms with Crippen molar-refractivity contribution in [3.63, 3.8) is 0 Å². The second-order valence-corrected chi connectivity index (χ2v) is 7.02. The van der Waals surface area contributed by atoms with E-state index in [0.29, 0.717) is 11.5 Å². The predicted molar refractivity (Wildman–Crippen MR) is 108 cm³/mol. The number of rotatable bonds is 8. The largest absolute Gasteiger partial charge is 0.356 e. The molecule has 1 aromatic carbocycles. The Hall–Kier alpha value is -2.08. The van der Waals surface area contributed by atoms with Gasteiger partial charge in [-0.1, -0.05) is 19.1 Å². The average Bonchev–Trinajstić information content (AvgIpc) is 3.17. The summed E-state index contributed by atoms with van der Waals surface area (Å²) in [7, 11) is 3.45. The van der Waals surface area contributed by atoms with Crippen LogP contribution in [0.1, 0.15) is 35.7 Å². The van der Waals surface area contributed by atoms with Crippen molar-refractivity contribution in [2.24, 2.45) is 10.9 Å². The Labute approximate surface area is 157 Å². The van der Waals surface area contributed by atoms with E-state index in [1.165, 1.54) is 25.9 Å². The van der Waals surface area contributed by atoms with Crippen LogP contribution in [0.3, 0.4) is 0 Å². The summed E-state index contributed by atoms with van der Waals surface area (Å²) in [4.78, 5) is 18.5. The van der Waals surface area contributed by atoms with E-state index in [9.17, 15) is 4.79 Å². The smallest absolute Gasteiger partial charge is 0.251 e. The number of carbonyl (C=O) groups is 1. The molecule has 1 aliphatic heterocycles. The second-order valence-electron chi connectivity index (χ2n) is 7.02. The van der Waals surface area contributed by atoms with Crippen LogP contribution in [0.25, 0.3) is 0 Å². The number of benzene rings is 1. The van der Waals surface area contributed by atoms with Crippen molar-refractivity contribution in [2.75, 3.05) is 46.8 Å². The summed E-state index contributed by atoms with van der Waals surface area (Å²) in [5.74, 6) is 1.38. The molecule has 1 unspecified atom stereocenters. The summed E-state index contributed by atoms with van der Waals surface area (Å²) in [6.45, 7) is 7.61. The van der Waals surface area contributed by atoms with Gasteiger partial charge in [-0.3, -0.25) is 9.79 Å². The van der Waals surface area contributed by atoms with Crippen LogP contribution in [0.2, 0.25) is 0 Å². The molecule has 1 aromatic rings. The molecule has 26 heavy (non-hydrogen) atoms. The standard InChI is InChI=1S/C20H33N5O/c1-16(15-25-11-4-5-12-25)14-24-20(22-3)23-10-9-17-7-6-8-18(13-17)19(26)21-2/h6-8,13,16H,4-5,9-12,14-15H2,1-3H3,(H,21,26)(H2,22,23,24). The topological polar surface area (TPSA) is 68.8 Å². The maximum Gasteiger partial charge on any atom is 0.251 e. The number of hydrogen-bond acceptors (Lipinski definition) is 3. The monoisotopic (exact) mass is 359 g/mol. The van der Waals surface area contributed by atoms with Crippen molar-refractivity contribution in [3.05, 3.63) is 35.4 Å². The van der Waals surface area contributed by atoms with E-state index in [0.717, 1.165) is 37.6 Å². The Balaban J connectivity index is 1.70. The van der Waals surface area contributed by atoms with Gasteiger partial charge in [-0.2, -0.15) is 0 Å². The number of amides is 1. The van der Waals surface area contributed by atoms with Gasteiger partial charge in [0.1, 0.15) is 0 Å². The van der Waals surface area contributed by atoms with Crippen molar-refractivity contribution >= 4 is 11.9 Å². The molecule has 0 aromatic heterocycles. The third-order valence-electron chi connectivity index (χ3n) is 4.73. The highest BCUT2D eigenvalue weighted by molar-refractivity contribution is 5.94. The molecule has 0 saturated carbocycles. The summed E-state index contributed by atoms with van der Waals surface area (Å²) >= 11 is 0. The van der Waals surface area contributed by atoms with E-state index in [2.05, 4.69) is 32.8 Å². The van der Waals surface area contributed by atoms with Gasteiger partial charge in [0.2, 0.25) is 0 Å². The number of carbonyl (C=O) groups excluding carboxylic acids is 1. The maximum absolute atomic E-state index is 11.7. The summed E-state index contributed by atoms with van der Waals surface area (Å²) in [5, 5.41) is 9.43. The number of aliphatic imine (C=N–C) groups is 1. The lowest BCUT2D eigenvalue weighted by Gasteiger charge is -2.21. The average molecular weight is 360 g/mol. The van der Waals surface area contributed by atoms with Gasteiger partial charge in [0.15, 0.2) is 5.96 Å². The number of likely N-dealkylation sites (tertiary alicyclic amines) is 1. The first-order valence-corrected chi connectivity index (χ1v) is 9.60. The number of nitrogens with zero attached hydrogens (tertiary/aromatic N) is 2. The molecule has 1 saturated heterocycles. The van der Waals surface area contributed by atoms with Crippen molar-refractivity contribution in [1.82, 2.24) is 20.9 Å². The molecule has 6 heteroatoms. The highest BCUT2D eigenvalue weighted by Crippen LogP contribution is 2.09. The lowest BCUT2D eigenvalue weighted by Crippen LogP contribution is -2.42. The lowest BCUT2D eigenvalue weighted by atomic mass is 10.1. The van der Waals surface area contributed by atoms with E-state index in [1.54, 1.807) is 14.1 Å². The van der Waals surface area contributed by atoms with Gasteiger partial charge < -0.3 is 20.9 Å². The molecule has 1 aliphatic rings. The lowest BCUT2D eigenvalue weighted by molar-refractivity contribution is 0.0963. The first kappa shape index (κ1) is 20.2. The van der Waals surface area contributed by atoms with Gasteiger partial charge >= 0.3 is 0 Å². The molecule has 1 heterocycles. The van der Waals surface area contributed by atoms with Crippen LogP contribution in [0.5, 0.6) is 0 Å². The fraction of sp³-hybridized carbons (Fsp3) is 0.600. The Bertz CT molecular complexity index is 596. The van der Waals surface area contributed by atoms with E-state index in [-0.39, 0.29) is 5.91 Å². The minimum atomic E-state index is -0.0516. The SMILES string of the molecule is CN=C(NCCc1cccc(C(=O)NC)c1)NCC(C)CN1CCCC1.